The number of hydrogen-bond acceptors (Lipinski definition) is 2. The monoisotopic (exact) mass is 290 g/mol. The molecule has 0 spiro atoms. The lowest BCUT2D eigenvalue weighted by atomic mass is 10.2. The van der Waals surface area contributed by atoms with Crippen LogP contribution < -0.4 is 0 Å². The van der Waals surface area contributed by atoms with Crippen molar-refractivity contribution in [3.8, 4) is 11.8 Å². The SMILES string of the molecule is O=S(=O)(F)c1ccc(C#CCCBr)cc1. The first-order valence-corrected chi connectivity index (χ1v) is 6.64. The third-order valence-electron chi connectivity index (χ3n) is 1.59. The van der Waals surface area contributed by atoms with Gasteiger partial charge < -0.3 is 0 Å². The molecule has 0 bridgehead atoms. The molecule has 0 saturated carbocycles. The Morgan fingerprint density at radius 2 is 1.87 bits per heavy atom. The standard InChI is InChI=1S/C10H8BrFO2S/c11-8-2-1-3-9-4-6-10(7-5-9)15(12,13)14/h4-7H,2,8H2. The molecule has 1 aromatic carbocycles. The molecule has 0 N–H and O–H groups in total. The second-order valence-electron chi connectivity index (χ2n) is 2.70. The average molecular weight is 291 g/mol. The van der Waals surface area contributed by atoms with Crippen molar-refractivity contribution in [3.05, 3.63) is 29.8 Å². The predicted octanol–water partition coefficient (Wildman–Crippen LogP) is 2.48. The normalized spacial score (nSPS) is 10.5. The van der Waals surface area contributed by atoms with Gasteiger partial charge in [0, 0.05) is 17.3 Å². The number of hydrogen-bond donors (Lipinski definition) is 0. The Labute approximate surface area is 96.8 Å². The number of benzene rings is 1. The third kappa shape index (κ3) is 4.02. The maximum atomic E-state index is 12.5. The van der Waals surface area contributed by atoms with Crippen LogP contribution in [0.4, 0.5) is 3.89 Å². The van der Waals surface area contributed by atoms with Crippen molar-refractivity contribution in [2.75, 3.05) is 5.33 Å². The zero-order chi connectivity index (χ0) is 11.3. The van der Waals surface area contributed by atoms with E-state index in [1.807, 2.05) is 0 Å². The molecule has 0 aliphatic heterocycles. The summed E-state index contributed by atoms with van der Waals surface area (Å²) in [5.74, 6) is 5.70. The van der Waals surface area contributed by atoms with Gasteiger partial charge in [0.1, 0.15) is 0 Å². The smallest absolute Gasteiger partial charge is 0.189 e. The first kappa shape index (κ1) is 12.2. The van der Waals surface area contributed by atoms with Crippen LogP contribution in [0, 0.1) is 11.8 Å². The molecule has 1 rings (SSSR count). The topological polar surface area (TPSA) is 34.1 Å². The first-order valence-electron chi connectivity index (χ1n) is 4.13. The minimum atomic E-state index is -4.60. The molecule has 0 unspecified atom stereocenters. The van der Waals surface area contributed by atoms with Crippen molar-refractivity contribution in [3.63, 3.8) is 0 Å². The summed E-state index contributed by atoms with van der Waals surface area (Å²) in [5, 5.41) is 0.789. The fourth-order valence-corrected chi connectivity index (χ4v) is 1.57. The summed E-state index contributed by atoms with van der Waals surface area (Å²) < 4.78 is 33.5. The highest BCUT2D eigenvalue weighted by Gasteiger charge is 2.09. The van der Waals surface area contributed by atoms with E-state index in [0.29, 0.717) is 12.0 Å². The average Bonchev–Trinajstić information content (AvgIpc) is 2.18. The Balaban J connectivity index is 2.88. The summed E-state index contributed by atoms with van der Waals surface area (Å²) in [6, 6.07) is 5.36. The Morgan fingerprint density at radius 1 is 1.27 bits per heavy atom. The van der Waals surface area contributed by atoms with Gasteiger partial charge in [0.25, 0.3) is 0 Å². The number of halogens is 2. The van der Waals surface area contributed by atoms with Gasteiger partial charge in [-0.2, -0.15) is 8.42 Å². The van der Waals surface area contributed by atoms with Crippen molar-refractivity contribution >= 4 is 26.2 Å². The highest BCUT2D eigenvalue weighted by atomic mass is 79.9. The lowest BCUT2D eigenvalue weighted by Gasteiger charge is -1.94. The Kier molecular flexibility index (Phi) is 4.30. The maximum absolute atomic E-state index is 12.5. The molecule has 0 amide bonds. The van der Waals surface area contributed by atoms with Gasteiger partial charge in [-0.3, -0.25) is 0 Å². The van der Waals surface area contributed by atoms with Crippen LogP contribution in [-0.4, -0.2) is 13.7 Å². The molecule has 0 aliphatic rings. The van der Waals surface area contributed by atoms with Gasteiger partial charge in [0.15, 0.2) is 0 Å². The van der Waals surface area contributed by atoms with E-state index in [1.165, 1.54) is 24.3 Å². The fraction of sp³-hybridized carbons (Fsp3) is 0.200. The lowest BCUT2D eigenvalue weighted by molar-refractivity contribution is 0.552. The minimum absolute atomic E-state index is 0.339. The summed E-state index contributed by atoms with van der Waals surface area (Å²) in [4.78, 5) is -0.339. The Hall–Kier alpha value is -0.860. The van der Waals surface area contributed by atoms with E-state index in [2.05, 4.69) is 27.8 Å². The lowest BCUT2D eigenvalue weighted by Crippen LogP contribution is -1.91. The Bertz CT molecular complexity index is 482. The molecule has 0 radical (unpaired) electrons. The van der Waals surface area contributed by atoms with Crippen molar-refractivity contribution in [2.45, 2.75) is 11.3 Å². The summed E-state index contributed by atoms with van der Waals surface area (Å²) in [7, 11) is -4.60. The molecular weight excluding hydrogens is 283 g/mol. The minimum Gasteiger partial charge on any atom is -0.189 e. The van der Waals surface area contributed by atoms with Gasteiger partial charge in [0.2, 0.25) is 0 Å². The van der Waals surface area contributed by atoms with Crippen LogP contribution in [0.3, 0.4) is 0 Å². The van der Waals surface area contributed by atoms with E-state index >= 15 is 0 Å². The second kappa shape index (κ2) is 5.29. The van der Waals surface area contributed by atoms with Crippen molar-refractivity contribution in [2.24, 2.45) is 0 Å². The second-order valence-corrected chi connectivity index (χ2v) is 4.84. The summed E-state index contributed by atoms with van der Waals surface area (Å²) in [5.41, 5.74) is 0.670. The highest BCUT2D eigenvalue weighted by molar-refractivity contribution is 9.09. The van der Waals surface area contributed by atoms with Crippen LogP contribution >= 0.6 is 15.9 Å². The highest BCUT2D eigenvalue weighted by Crippen LogP contribution is 2.12. The molecule has 5 heteroatoms. The summed E-state index contributed by atoms with van der Waals surface area (Å²) >= 11 is 3.23. The van der Waals surface area contributed by atoms with Gasteiger partial charge in [-0.05, 0) is 24.3 Å². The molecule has 0 heterocycles. The zero-order valence-corrected chi connectivity index (χ0v) is 10.1. The van der Waals surface area contributed by atoms with E-state index in [1.54, 1.807) is 0 Å². The van der Waals surface area contributed by atoms with Crippen molar-refractivity contribution in [1.29, 1.82) is 0 Å². The van der Waals surface area contributed by atoms with Crippen LogP contribution in [0.25, 0.3) is 0 Å². The van der Waals surface area contributed by atoms with Gasteiger partial charge in [-0.1, -0.05) is 27.8 Å². The van der Waals surface area contributed by atoms with Gasteiger partial charge in [-0.15, -0.1) is 3.89 Å². The third-order valence-corrected chi connectivity index (χ3v) is 2.82. The van der Waals surface area contributed by atoms with Gasteiger partial charge >= 0.3 is 10.2 Å². The molecule has 2 nitrogen and oxygen atoms in total. The van der Waals surface area contributed by atoms with Crippen LogP contribution in [-0.2, 0) is 10.2 Å². The summed E-state index contributed by atoms with van der Waals surface area (Å²) in [6.45, 7) is 0. The fourth-order valence-electron chi connectivity index (χ4n) is 0.913. The quantitative estimate of drug-likeness (QED) is 0.476. The molecule has 0 aliphatic carbocycles. The van der Waals surface area contributed by atoms with Gasteiger partial charge in [0.05, 0.1) is 4.90 Å². The van der Waals surface area contributed by atoms with Crippen molar-refractivity contribution in [1.82, 2.24) is 0 Å². The van der Waals surface area contributed by atoms with E-state index in [4.69, 9.17) is 0 Å². The zero-order valence-electron chi connectivity index (χ0n) is 7.70. The van der Waals surface area contributed by atoms with Crippen LogP contribution in [0.5, 0.6) is 0 Å². The first-order chi connectivity index (χ1) is 7.04. The van der Waals surface area contributed by atoms with E-state index in [0.717, 1.165) is 5.33 Å². The van der Waals surface area contributed by atoms with E-state index < -0.39 is 10.2 Å². The van der Waals surface area contributed by atoms with Crippen LogP contribution in [0.15, 0.2) is 29.2 Å². The van der Waals surface area contributed by atoms with Gasteiger partial charge in [-0.25, -0.2) is 0 Å². The van der Waals surface area contributed by atoms with Crippen molar-refractivity contribution < 1.29 is 12.3 Å². The van der Waals surface area contributed by atoms with Crippen LogP contribution in [0.1, 0.15) is 12.0 Å². The number of alkyl halides is 1. The number of rotatable bonds is 2. The molecule has 15 heavy (non-hydrogen) atoms. The molecule has 0 aromatic heterocycles. The van der Waals surface area contributed by atoms with E-state index in [-0.39, 0.29) is 4.90 Å². The Morgan fingerprint density at radius 3 is 2.33 bits per heavy atom. The van der Waals surface area contributed by atoms with E-state index in [9.17, 15) is 12.3 Å². The molecular formula is C10H8BrFO2S. The molecule has 1 aromatic rings. The van der Waals surface area contributed by atoms with Crippen LogP contribution in [0.2, 0.25) is 0 Å². The molecule has 0 atom stereocenters. The molecule has 80 valence electrons. The molecule has 0 fully saturated rings. The molecule has 0 saturated heterocycles. The largest absolute Gasteiger partial charge is 0.332 e. The predicted molar refractivity (Wildman–Crippen MR) is 60.0 cm³/mol. The summed E-state index contributed by atoms with van der Waals surface area (Å²) in [6.07, 6.45) is 0.711. The maximum Gasteiger partial charge on any atom is 0.332 e.